The largest absolute Gasteiger partial charge is 0.301 e. The van der Waals surface area contributed by atoms with E-state index in [0.717, 1.165) is 12.0 Å². The average molecular weight is 175 g/mol. The van der Waals surface area contributed by atoms with Crippen LogP contribution in [0.4, 0.5) is 0 Å². The third-order valence-corrected chi connectivity index (χ3v) is 2.47. The van der Waals surface area contributed by atoms with Crippen molar-refractivity contribution >= 4 is 5.78 Å². The van der Waals surface area contributed by atoms with Crippen molar-refractivity contribution in [2.24, 2.45) is 0 Å². The number of hydrogen-bond donors (Lipinski definition) is 1. The van der Waals surface area contributed by atoms with Crippen LogP contribution < -0.4 is 5.32 Å². The quantitative estimate of drug-likeness (QED) is 0.560. The predicted molar refractivity (Wildman–Crippen MR) is 51.8 cm³/mol. The Hall–Kier alpha value is -1.15. The van der Waals surface area contributed by atoms with Crippen LogP contribution in [0.3, 0.4) is 0 Å². The normalized spacial score (nSPS) is 25.6. The highest BCUT2D eigenvalue weighted by Crippen LogP contribution is 2.19. The van der Waals surface area contributed by atoms with E-state index in [1.807, 2.05) is 30.3 Å². The Balaban J connectivity index is 2.07. The molecule has 1 N–H and O–H groups in total. The van der Waals surface area contributed by atoms with Crippen molar-refractivity contribution in [3.8, 4) is 0 Å². The van der Waals surface area contributed by atoms with Crippen molar-refractivity contribution in [3.63, 3.8) is 0 Å². The van der Waals surface area contributed by atoms with Gasteiger partial charge in [0.1, 0.15) is 0 Å². The topological polar surface area (TPSA) is 39.0 Å². The highest BCUT2D eigenvalue weighted by molar-refractivity contribution is 6.02. The van der Waals surface area contributed by atoms with Crippen molar-refractivity contribution in [3.05, 3.63) is 35.9 Å². The Labute approximate surface area is 78.0 Å². The minimum Gasteiger partial charge on any atom is -0.301 e. The molecule has 0 radical (unpaired) electrons. The van der Waals surface area contributed by atoms with E-state index in [-0.39, 0.29) is 11.8 Å². The van der Waals surface area contributed by atoms with Gasteiger partial charge in [-0.2, -0.15) is 0 Å². The Morgan fingerprint density at radius 3 is 2.62 bits per heavy atom. The molecule has 1 saturated heterocycles. The van der Waals surface area contributed by atoms with Gasteiger partial charge in [0, 0.05) is 11.6 Å². The van der Waals surface area contributed by atoms with E-state index in [9.17, 15) is 4.79 Å². The van der Waals surface area contributed by atoms with Gasteiger partial charge in [0.25, 0.3) is 0 Å². The second kappa shape index (κ2) is 3.30. The molecule has 0 unspecified atom stereocenters. The Morgan fingerprint density at radius 2 is 2.08 bits per heavy atom. The highest BCUT2D eigenvalue weighted by atomic mass is 16.1. The van der Waals surface area contributed by atoms with Crippen molar-refractivity contribution in [2.75, 3.05) is 0 Å². The molecule has 1 aromatic carbocycles. The van der Waals surface area contributed by atoms with Crippen LogP contribution in [-0.2, 0) is 0 Å². The number of ketones is 1. The number of Topliss-reactive ketones (excluding diaryl/α,β-unsaturated/α-hetero) is 1. The maximum atomic E-state index is 11.7. The maximum Gasteiger partial charge on any atom is 0.181 e. The van der Waals surface area contributed by atoms with Crippen LogP contribution in [0.2, 0.25) is 0 Å². The minimum atomic E-state index is 0.0763. The number of hydrogen-bond acceptors (Lipinski definition) is 2. The second-order valence-corrected chi connectivity index (χ2v) is 3.39. The van der Waals surface area contributed by atoms with Crippen molar-refractivity contribution in [2.45, 2.75) is 25.4 Å². The zero-order valence-corrected chi connectivity index (χ0v) is 7.66. The first-order valence-electron chi connectivity index (χ1n) is 4.68. The van der Waals surface area contributed by atoms with Gasteiger partial charge in [-0.1, -0.05) is 37.3 Å². The molecule has 1 aliphatic heterocycles. The Morgan fingerprint density at radius 1 is 1.38 bits per heavy atom. The first-order valence-corrected chi connectivity index (χ1v) is 4.68. The molecule has 0 aliphatic carbocycles. The molecule has 13 heavy (non-hydrogen) atoms. The first-order chi connectivity index (χ1) is 6.33. The molecule has 2 heteroatoms. The van der Waals surface area contributed by atoms with Crippen LogP contribution in [0.1, 0.15) is 23.7 Å². The van der Waals surface area contributed by atoms with Gasteiger partial charge < -0.3 is 5.32 Å². The van der Waals surface area contributed by atoms with Gasteiger partial charge >= 0.3 is 0 Å². The summed E-state index contributed by atoms with van der Waals surface area (Å²) in [5.41, 5.74) is 0.816. The molecule has 0 bridgehead atoms. The summed E-state index contributed by atoms with van der Waals surface area (Å²) in [4.78, 5) is 11.7. The monoisotopic (exact) mass is 175 g/mol. The summed E-state index contributed by atoms with van der Waals surface area (Å²) in [5, 5.41) is 3.17. The smallest absolute Gasteiger partial charge is 0.181 e. The zero-order valence-electron chi connectivity index (χ0n) is 7.66. The maximum absolute atomic E-state index is 11.7. The molecule has 0 spiro atoms. The van der Waals surface area contributed by atoms with Crippen LogP contribution in [0.15, 0.2) is 30.3 Å². The Kier molecular flexibility index (Phi) is 2.15. The minimum absolute atomic E-state index is 0.0763. The number of carbonyl (C=O) groups is 1. The lowest BCUT2D eigenvalue weighted by Crippen LogP contribution is -2.10. The zero-order chi connectivity index (χ0) is 9.26. The molecule has 0 amide bonds. The number of benzene rings is 1. The lowest BCUT2D eigenvalue weighted by Gasteiger charge is -1.96. The molecule has 1 aromatic rings. The molecule has 2 rings (SSSR count). The predicted octanol–water partition coefficient (Wildman–Crippen LogP) is 1.62. The van der Waals surface area contributed by atoms with Gasteiger partial charge in [0.15, 0.2) is 5.78 Å². The Bertz CT molecular complexity index is 307. The fraction of sp³-hybridized carbons (Fsp3) is 0.364. The standard InChI is InChI=1S/C11H13NO/c1-2-9-10(12-9)11(13)8-6-4-3-5-7-8/h3-7,9-10,12H,2H2,1H3/t9-,10+/m0/s1. The molecular weight excluding hydrogens is 162 g/mol. The van der Waals surface area contributed by atoms with E-state index in [4.69, 9.17) is 0 Å². The fourth-order valence-corrected chi connectivity index (χ4v) is 1.57. The first kappa shape index (κ1) is 8.45. The van der Waals surface area contributed by atoms with Gasteiger partial charge in [0.05, 0.1) is 6.04 Å². The fourth-order valence-electron chi connectivity index (χ4n) is 1.57. The summed E-state index contributed by atoms with van der Waals surface area (Å²) in [5.74, 6) is 0.229. The van der Waals surface area contributed by atoms with Gasteiger partial charge in [-0.25, -0.2) is 0 Å². The average Bonchev–Trinajstić information content (AvgIpc) is 2.97. The van der Waals surface area contributed by atoms with E-state index in [1.54, 1.807) is 0 Å². The summed E-state index contributed by atoms with van der Waals surface area (Å²) in [6.07, 6.45) is 1.03. The highest BCUT2D eigenvalue weighted by Gasteiger charge is 2.40. The molecule has 1 fully saturated rings. The van der Waals surface area contributed by atoms with Crippen LogP contribution in [0.5, 0.6) is 0 Å². The number of carbonyl (C=O) groups excluding carboxylic acids is 1. The van der Waals surface area contributed by atoms with Crippen molar-refractivity contribution in [1.82, 2.24) is 5.32 Å². The van der Waals surface area contributed by atoms with E-state index in [2.05, 4.69) is 12.2 Å². The lowest BCUT2D eigenvalue weighted by molar-refractivity contribution is 0.0988. The van der Waals surface area contributed by atoms with Gasteiger partial charge in [-0.05, 0) is 6.42 Å². The second-order valence-electron chi connectivity index (χ2n) is 3.39. The molecule has 0 saturated carbocycles. The number of rotatable bonds is 3. The molecule has 2 nitrogen and oxygen atoms in total. The summed E-state index contributed by atoms with van der Waals surface area (Å²) in [6, 6.07) is 9.95. The van der Waals surface area contributed by atoms with E-state index >= 15 is 0 Å². The SMILES string of the molecule is CC[C@@H]1N[C@H]1C(=O)c1ccccc1. The molecule has 1 heterocycles. The summed E-state index contributed by atoms with van der Waals surface area (Å²) < 4.78 is 0. The summed E-state index contributed by atoms with van der Waals surface area (Å²) >= 11 is 0. The summed E-state index contributed by atoms with van der Waals surface area (Å²) in [6.45, 7) is 2.09. The van der Waals surface area contributed by atoms with Crippen molar-refractivity contribution < 1.29 is 4.79 Å². The van der Waals surface area contributed by atoms with Gasteiger partial charge in [0.2, 0.25) is 0 Å². The van der Waals surface area contributed by atoms with E-state index in [0.29, 0.717) is 6.04 Å². The van der Waals surface area contributed by atoms with Crippen LogP contribution in [-0.4, -0.2) is 17.9 Å². The van der Waals surface area contributed by atoms with Gasteiger partial charge in [-0.3, -0.25) is 4.79 Å². The van der Waals surface area contributed by atoms with Crippen LogP contribution in [0, 0.1) is 0 Å². The molecular formula is C11H13NO. The van der Waals surface area contributed by atoms with Crippen LogP contribution >= 0.6 is 0 Å². The number of nitrogens with one attached hydrogen (secondary N) is 1. The van der Waals surface area contributed by atoms with Crippen molar-refractivity contribution in [1.29, 1.82) is 0 Å². The van der Waals surface area contributed by atoms with E-state index in [1.165, 1.54) is 0 Å². The summed E-state index contributed by atoms with van der Waals surface area (Å²) in [7, 11) is 0. The third kappa shape index (κ3) is 1.63. The lowest BCUT2D eigenvalue weighted by atomic mass is 10.1. The van der Waals surface area contributed by atoms with E-state index < -0.39 is 0 Å². The molecule has 68 valence electrons. The third-order valence-electron chi connectivity index (χ3n) is 2.47. The van der Waals surface area contributed by atoms with Gasteiger partial charge in [-0.15, -0.1) is 0 Å². The molecule has 0 aromatic heterocycles. The molecule has 2 atom stereocenters. The molecule has 1 aliphatic rings. The van der Waals surface area contributed by atoms with Crippen LogP contribution in [0.25, 0.3) is 0 Å².